The second-order valence-electron chi connectivity index (χ2n) is 3.52. The summed E-state index contributed by atoms with van der Waals surface area (Å²) >= 11 is 0. The van der Waals surface area contributed by atoms with E-state index in [9.17, 15) is 4.79 Å². The van der Waals surface area contributed by atoms with Crippen LogP contribution >= 0.6 is 0 Å². The van der Waals surface area contributed by atoms with Gasteiger partial charge in [-0.15, -0.1) is 0 Å². The molecule has 0 saturated carbocycles. The van der Waals surface area contributed by atoms with E-state index in [4.69, 9.17) is 5.84 Å². The number of aryl methyl sites for hydroxylation is 2. The minimum atomic E-state index is -0.169. The van der Waals surface area contributed by atoms with Crippen molar-refractivity contribution in [1.29, 1.82) is 0 Å². The van der Waals surface area contributed by atoms with Crippen LogP contribution in [0.4, 0.5) is 0 Å². The van der Waals surface area contributed by atoms with Gasteiger partial charge >= 0.3 is 0 Å². The molecule has 0 aliphatic carbocycles. The molecule has 1 atom stereocenters. The van der Waals surface area contributed by atoms with Gasteiger partial charge in [0.25, 0.3) is 0 Å². The summed E-state index contributed by atoms with van der Waals surface area (Å²) in [5.41, 5.74) is 4.15. The average molecular weight is 196 g/mol. The number of carbonyl (C=O) groups excluding carboxylic acids is 1. The molecule has 0 bridgehead atoms. The summed E-state index contributed by atoms with van der Waals surface area (Å²) < 4.78 is 1.81. The Kier molecular flexibility index (Phi) is 3.24. The summed E-state index contributed by atoms with van der Waals surface area (Å²) in [6, 6.07) is 1.98. The highest BCUT2D eigenvalue weighted by Crippen LogP contribution is 2.06. The van der Waals surface area contributed by atoms with Gasteiger partial charge in [-0.05, 0) is 19.9 Å². The quantitative estimate of drug-likeness (QED) is 0.410. The molecule has 1 aromatic rings. The highest BCUT2D eigenvalue weighted by Gasteiger charge is 2.13. The van der Waals surface area contributed by atoms with Crippen molar-refractivity contribution in [2.45, 2.75) is 27.3 Å². The molecule has 14 heavy (non-hydrogen) atoms. The molecule has 78 valence electrons. The van der Waals surface area contributed by atoms with Gasteiger partial charge in [0, 0.05) is 5.69 Å². The lowest BCUT2D eigenvalue weighted by Gasteiger charge is -2.10. The van der Waals surface area contributed by atoms with Gasteiger partial charge in [-0.1, -0.05) is 6.92 Å². The monoisotopic (exact) mass is 196 g/mol. The van der Waals surface area contributed by atoms with Crippen LogP contribution < -0.4 is 11.3 Å². The Morgan fingerprint density at radius 3 is 2.79 bits per heavy atom. The first kappa shape index (κ1) is 10.7. The Bertz CT molecular complexity index is 332. The largest absolute Gasteiger partial charge is 0.294 e. The zero-order valence-corrected chi connectivity index (χ0v) is 8.74. The molecule has 0 radical (unpaired) electrons. The lowest BCUT2D eigenvalue weighted by molar-refractivity contribution is -0.125. The van der Waals surface area contributed by atoms with Crippen LogP contribution in [-0.2, 0) is 11.3 Å². The van der Waals surface area contributed by atoms with Crippen molar-refractivity contribution < 1.29 is 4.79 Å². The molecule has 1 rings (SSSR count). The van der Waals surface area contributed by atoms with Gasteiger partial charge < -0.3 is 0 Å². The molecule has 0 aliphatic heterocycles. The fourth-order valence-electron chi connectivity index (χ4n) is 1.34. The summed E-state index contributed by atoms with van der Waals surface area (Å²) in [5, 5.41) is 4.26. The molecule has 1 amide bonds. The molecule has 0 aliphatic rings. The minimum absolute atomic E-state index is 0.169. The number of nitrogens with two attached hydrogens (primary N) is 1. The maximum Gasteiger partial charge on any atom is 0.238 e. The standard InChI is InChI=1S/C9H16N4O/c1-6(9(14)11-10)5-13-8(3)4-7(2)12-13/h4,6H,5,10H2,1-3H3,(H,11,14)/t6-/m0/s1. The molecule has 1 aromatic heterocycles. The third-order valence-electron chi connectivity index (χ3n) is 2.14. The van der Waals surface area contributed by atoms with Gasteiger partial charge in [-0.25, -0.2) is 5.84 Å². The maximum absolute atomic E-state index is 11.2. The second-order valence-corrected chi connectivity index (χ2v) is 3.52. The van der Waals surface area contributed by atoms with E-state index in [0.29, 0.717) is 6.54 Å². The maximum atomic E-state index is 11.2. The number of amides is 1. The van der Waals surface area contributed by atoms with E-state index in [2.05, 4.69) is 10.5 Å². The Hall–Kier alpha value is -1.36. The number of hydrogen-bond acceptors (Lipinski definition) is 3. The highest BCUT2D eigenvalue weighted by molar-refractivity contribution is 5.77. The molecular formula is C9H16N4O. The Balaban J connectivity index is 2.69. The first-order valence-corrected chi connectivity index (χ1v) is 4.56. The van der Waals surface area contributed by atoms with Gasteiger partial charge in [-0.3, -0.25) is 14.9 Å². The molecule has 0 spiro atoms. The summed E-state index contributed by atoms with van der Waals surface area (Å²) in [7, 11) is 0. The van der Waals surface area contributed by atoms with Gasteiger partial charge in [0.05, 0.1) is 18.2 Å². The summed E-state index contributed by atoms with van der Waals surface area (Å²) in [6.45, 7) is 6.27. The van der Waals surface area contributed by atoms with Crippen LogP contribution in [0.25, 0.3) is 0 Å². The van der Waals surface area contributed by atoms with Crippen LogP contribution in [0.5, 0.6) is 0 Å². The summed E-state index contributed by atoms with van der Waals surface area (Å²) in [6.07, 6.45) is 0. The fourth-order valence-corrected chi connectivity index (χ4v) is 1.34. The molecule has 5 nitrogen and oxygen atoms in total. The van der Waals surface area contributed by atoms with E-state index < -0.39 is 0 Å². The number of nitrogens with one attached hydrogen (secondary N) is 1. The minimum Gasteiger partial charge on any atom is -0.294 e. The van der Waals surface area contributed by atoms with E-state index in [1.165, 1.54) is 0 Å². The molecule has 3 N–H and O–H groups in total. The highest BCUT2D eigenvalue weighted by atomic mass is 16.2. The number of hydrogen-bond donors (Lipinski definition) is 2. The van der Waals surface area contributed by atoms with Crippen molar-refractivity contribution in [1.82, 2.24) is 15.2 Å². The second kappa shape index (κ2) is 4.23. The third-order valence-corrected chi connectivity index (χ3v) is 2.14. The van der Waals surface area contributed by atoms with Crippen LogP contribution in [0.3, 0.4) is 0 Å². The average Bonchev–Trinajstić information content (AvgIpc) is 2.44. The predicted molar refractivity (Wildman–Crippen MR) is 53.2 cm³/mol. The number of nitrogens with zero attached hydrogens (tertiary/aromatic N) is 2. The van der Waals surface area contributed by atoms with Crippen molar-refractivity contribution >= 4 is 5.91 Å². The predicted octanol–water partition coefficient (Wildman–Crippen LogP) is 0.126. The van der Waals surface area contributed by atoms with Crippen molar-refractivity contribution in [2.75, 3.05) is 0 Å². The molecule has 1 heterocycles. The number of rotatable bonds is 3. The normalized spacial score (nSPS) is 12.6. The first-order chi connectivity index (χ1) is 6.54. The van der Waals surface area contributed by atoms with E-state index in [1.807, 2.05) is 31.5 Å². The lowest BCUT2D eigenvalue weighted by Crippen LogP contribution is -2.36. The number of carbonyl (C=O) groups is 1. The summed E-state index contributed by atoms with van der Waals surface area (Å²) in [5.74, 6) is 4.70. The molecule has 0 saturated heterocycles. The van der Waals surface area contributed by atoms with Crippen LogP contribution in [0.2, 0.25) is 0 Å². The van der Waals surface area contributed by atoms with Crippen molar-refractivity contribution in [3.63, 3.8) is 0 Å². The van der Waals surface area contributed by atoms with E-state index in [0.717, 1.165) is 11.4 Å². The number of aromatic nitrogens is 2. The van der Waals surface area contributed by atoms with E-state index in [1.54, 1.807) is 0 Å². The SMILES string of the molecule is Cc1cc(C)n(C[C@H](C)C(=O)NN)n1. The molecule has 0 unspecified atom stereocenters. The zero-order chi connectivity index (χ0) is 10.7. The van der Waals surface area contributed by atoms with Crippen LogP contribution in [0, 0.1) is 19.8 Å². The van der Waals surface area contributed by atoms with Crippen LogP contribution in [0.15, 0.2) is 6.07 Å². The zero-order valence-electron chi connectivity index (χ0n) is 8.74. The topological polar surface area (TPSA) is 72.9 Å². The van der Waals surface area contributed by atoms with Gasteiger partial charge in [0.15, 0.2) is 0 Å². The summed E-state index contributed by atoms with van der Waals surface area (Å²) in [4.78, 5) is 11.2. The van der Waals surface area contributed by atoms with Crippen molar-refractivity contribution in [2.24, 2.45) is 11.8 Å². The molecular weight excluding hydrogens is 180 g/mol. The van der Waals surface area contributed by atoms with Gasteiger partial charge in [0.1, 0.15) is 0 Å². The molecule has 5 heteroatoms. The molecule has 0 aromatic carbocycles. The van der Waals surface area contributed by atoms with E-state index in [-0.39, 0.29) is 11.8 Å². The fraction of sp³-hybridized carbons (Fsp3) is 0.556. The van der Waals surface area contributed by atoms with Crippen LogP contribution in [0.1, 0.15) is 18.3 Å². The Morgan fingerprint density at radius 2 is 2.36 bits per heavy atom. The lowest BCUT2D eigenvalue weighted by atomic mass is 10.2. The van der Waals surface area contributed by atoms with Crippen LogP contribution in [-0.4, -0.2) is 15.7 Å². The molecule has 0 fully saturated rings. The first-order valence-electron chi connectivity index (χ1n) is 4.56. The van der Waals surface area contributed by atoms with E-state index >= 15 is 0 Å². The van der Waals surface area contributed by atoms with Crippen molar-refractivity contribution in [3.8, 4) is 0 Å². The Labute approximate surface area is 83.2 Å². The Morgan fingerprint density at radius 1 is 1.71 bits per heavy atom. The number of hydrazine groups is 1. The van der Waals surface area contributed by atoms with Gasteiger partial charge in [-0.2, -0.15) is 5.10 Å². The van der Waals surface area contributed by atoms with Gasteiger partial charge in [0.2, 0.25) is 5.91 Å². The smallest absolute Gasteiger partial charge is 0.238 e. The van der Waals surface area contributed by atoms with Crippen molar-refractivity contribution in [3.05, 3.63) is 17.5 Å². The third kappa shape index (κ3) is 2.32.